The minimum absolute atomic E-state index is 0.135. The summed E-state index contributed by atoms with van der Waals surface area (Å²) in [6.07, 6.45) is 5.45. The topological polar surface area (TPSA) is 67.9 Å². The number of nitrogens with zero attached hydrogens (tertiary/aromatic N) is 1. The average Bonchev–Trinajstić information content (AvgIpc) is 2.82. The monoisotopic (exact) mass is 458 g/mol. The molecule has 0 heterocycles. The van der Waals surface area contributed by atoms with E-state index in [1.54, 1.807) is 55.3 Å². The molecule has 3 rings (SSSR count). The molecule has 172 valence electrons. The summed E-state index contributed by atoms with van der Waals surface area (Å²) in [5.41, 5.74) is 0.893. The minimum Gasteiger partial charge on any atom is -0.497 e. The summed E-state index contributed by atoms with van der Waals surface area (Å²) < 4.78 is 10.8. The lowest BCUT2D eigenvalue weighted by Gasteiger charge is -2.31. The molecule has 1 aliphatic rings. The molecule has 2 amide bonds. The first-order chi connectivity index (χ1) is 15.5. The van der Waals surface area contributed by atoms with Crippen LogP contribution in [0.2, 0.25) is 5.02 Å². The summed E-state index contributed by atoms with van der Waals surface area (Å²) in [4.78, 5) is 27.6. The molecule has 0 aliphatic heterocycles. The van der Waals surface area contributed by atoms with Crippen molar-refractivity contribution in [3.63, 3.8) is 0 Å². The van der Waals surface area contributed by atoms with Gasteiger partial charge in [0.15, 0.2) is 6.61 Å². The molecule has 1 aliphatic carbocycles. The van der Waals surface area contributed by atoms with Crippen molar-refractivity contribution >= 4 is 23.4 Å². The molecule has 0 bridgehead atoms. The summed E-state index contributed by atoms with van der Waals surface area (Å²) in [6.45, 7) is 1.89. The molecular formula is C25H31ClN2O4. The van der Waals surface area contributed by atoms with E-state index in [0.717, 1.165) is 31.2 Å². The Balaban J connectivity index is 1.68. The van der Waals surface area contributed by atoms with Crippen molar-refractivity contribution in [2.24, 2.45) is 0 Å². The molecule has 0 saturated heterocycles. The number of benzene rings is 2. The van der Waals surface area contributed by atoms with Crippen LogP contribution >= 0.6 is 11.6 Å². The molecule has 0 spiro atoms. The molecule has 0 aromatic heterocycles. The van der Waals surface area contributed by atoms with Gasteiger partial charge in [-0.2, -0.15) is 0 Å². The highest BCUT2D eigenvalue weighted by Gasteiger charge is 2.28. The Labute approximate surface area is 194 Å². The first kappa shape index (κ1) is 23.9. The van der Waals surface area contributed by atoms with Gasteiger partial charge in [0.1, 0.15) is 17.5 Å². The van der Waals surface area contributed by atoms with Crippen molar-refractivity contribution < 1.29 is 19.1 Å². The van der Waals surface area contributed by atoms with Crippen LogP contribution in [0, 0.1) is 0 Å². The Bertz CT molecular complexity index is 880. The van der Waals surface area contributed by atoms with Crippen LogP contribution in [0.1, 0.15) is 44.6 Å². The van der Waals surface area contributed by atoms with Gasteiger partial charge in [0.25, 0.3) is 5.91 Å². The number of carbonyl (C=O) groups is 2. The molecule has 1 N–H and O–H groups in total. The number of halogens is 1. The second kappa shape index (κ2) is 11.8. The van der Waals surface area contributed by atoms with Gasteiger partial charge in [0.2, 0.25) is 5.91 Å². The maximum atomic E-state index is 13.1. The van der Waals surface area contributed by atoms with Crippen LogP contribution in [-0.4, -0.2) is 42.5 Å². The molecule has 2 aromatic rings. The van der Waals surface area contributed by atoms with Crippen LogP contribution in [0.5, 0.6) is 11.5 Å². The summed E-state index contributed by atoms with van der Waals surface area (Å²) in [5, 5.41) is 3.75. The van der Waals surface area contributed by atoms with Crippen LogP contribution in [0.3, 0.4) is 0 Å². The van der Waals surface area contributed by atoms with Crippen LogP contribution in [0.15, 0.2) is 48.5 Å². The van der Waals surface area contributed by atoms with Gasteiger partial charge < -0.3 is 19.7 Å². The van der Waals surface area contributed by atoms with Crippen molar-refractivity contribution in [2.45, 2.75) is 57.7 Å². The number of hydrogen-bond acceptors (Lipinski definition) is 4. The Kier molecular flexibility index (Phi) is 8.80. The van der Waals surface area contributed by atoms with Gasteiger partial charge in [-0.05, 0) is 61.7 Å². The van der Waals surface area contributed by atoms with E-state index in [2.05, 4.69) is 5.32 Å². The highest BCUT2D eigenvalue weighted by Crippen LogP contribution is 2.20. The number of methoxy groups -OCH3 is 1. The van der Waals surface area contributed by atoms with Gasteiger partial charge in [-0.3, -0.25) is 9.59 Å². The van der Waals surface area contributed by atoms with E-state index in [4.69, 9.17) is 21.1 Å². The molecule has 6 nitrogen and oxygen atoms in total. The highest BCUT2D eigenvalue weighted by atomic mass is 35.5. The minimum atomic E-state index is -0.625. The van der Waals surface area contributed by atoms with Crippen LogP contribution in [-0.2, 0) is 16.1 Å². The fourth-order valence-electron chi connectivity index (χ4n) is 3.84. The van der Waals surface area contributed by atoms with Gasteiger partial charge in [-0.1, -0.05) is 43.0 Å². The van der Waals surface area contributed by atoms with E-state index in [-0.39, 0.29) is 24.5 Å². The number of nitrogens with one attached hydrogen (secondary N) is 1. The average molecular weight is 459 g/mol. The predicted octanol–water partition coefficient (Wildman–Crippen LogP) is 4.59. The Morgan fingerprint density at radius 3 is 2.28 bits per heavy atom. The summed E-state index contributed by atoms with van der Waals surface area (Å²) in [5.74, 6) is 0.872. The van der Waals surface area contributed by atoms with E-state index >= 15 is 0 Å². The second-order valence-electron chi connectivity index (χ2n) is 8.13. The third-order valence-electron chi connectivity index (χ3n) is 5.81. The standard InChI is InChI=1S/C25H31ClN2O4/c1-18(25(30)27-21-6-4-3-5-7-21)28(16-19-8-10-20(26)11-9-19)24(29)17-32-23-14-12-22(31-2)13-15-23/h8-15,18,21H,3-7,16-17H2,1-2H3,(H,27,30)/t18-/m0/s1. The van der Waals surface area contributed by atoms with Crippen LogP contribution in [0.4, 0.5) is 0 Å². The lowest BCUT2D eigenvalue weighted by Crippen LogP contribution is -2.51. The fourth-order valence-corrected chi connectivity index (χ4v) is 3.96. The number of carbonyl (C=O) groups excluding carboxylic acids is 2. The van der Waals surface area contributed by atoms with Gasteiger partial charge in [0.05, 0.1) is 7.11 Å². The van der Waals surface area contributed by atoms with E-state index in [9.17, 15) is 9.59 Å². The summed E-state index contributed by atoms with van der Waals surface area (Å²) in [7, 11) is 1.59. The van der Waals surface area contributed by atoms with E-state index in [1.807, 2.05) is 12.1 Å². The van der Waals surface area contributed by atoms with Gasteiger partial charge in [0, 0.05) is 17.6 Å². The van der Waals surface area contributed by atoms with Crippen molar-refractivity contribution in [2.75, 3.05) is 13.7 Å². The molecule has 32 heavy (non-hydrogen) atoms. The maximum absolute atomic E-state index is 13.1. The Morgan fingerprint density at radius 1 is 1.03 bits per heavy atom. The smallest absolute Gasteiger partial charge is 0.261 e. The lowest BCUT2D eigenvalue weighted by molar-refractivity contribution is -0.142. The summed E-state index contributed by atoms with van der Waals surface area (Å²) >= 11 is 6.00. The van der Waals surface area contributed by atoms with Crippen LogP contribution in [0.25, 0.3) is 0 Å². The number of hydrogen-bond donors (Lipinski definition) is 1. The summed E-state index contributed by atoms with van der Waals surface area (Å²) in [6, 6.07) is 13.9. The largest absolute Gasteiger partial charge is 0.497 e. The zero-order chi connectivity index (χ0) is 22.9. The SMILES string of the molecule is COc1ccc(OCC(=O)N(Cc2ccc(Cl)cc2)[C@@H](C)C(=O)NC2CCCCC2)cc1. The van der Waals surface area contributed by atoms with E-state index in [1.165, 1.54) is 6.42 Å². The van der Waals surface area contributed by atoms with Crippen molar-refractivity contribution in [3.05, 3.63) is 59.1 Å². The molecule has 0 radical (unpaired) electrons. The zero-order valence-electron chi connectivity index (χ0n) is 18.7. The quantitative estimate of drug-likeness (QED) is 0.596. The van der Waals surface area contributed by atoms with Crippen molar-refractivity contribution in [1.29, 1.82) is 0 Å². The first-order valence-electron chi connectivity index (χ1n) is 11.1. The molecule has 1 fully saturated rings. The fraction of sp³-hybridized carbons (Fsp3) is 0.440. The number of ether oxygens (including phenoxy) is 2. The molecule has 1 saturated carbocycles. The van der Waals surface area contributed by atoms with Crippen molar-refractivity contribution in [1.82, 2.24) is 10.2 Å². The molecule has 0 unspecified atom stereocenters. The van der Waals surface area contributed by atoms with Crippen LogP contribution < -0.4 is 14.8 Å². The number of rotatable bonds is 9. The first-order valence-corrected chi connectivity index (χ1v) is 11.4. The molecule has 1 atom stereocenters. The second-order valence-corrected chi connectivity index (χ2v) is 8.57. The third kappa shape index (κ3) is 6.89. The molecular weight excluding hydrogens is 428 g/mol. The lowest BCUT2D eigenvalue weighted by atomic mass is 9.95. The Morgan fingerprint density at radius 2 is 1.66 bits per heavy atom. The highest BCUT2D eigenvalue weighted by molar-refractivity contribution is 6.30. The predicted molar refractivity (Wildman–Crippen MR) is 125 cm³/mol. The van der Waals surface area contributed by atoms with E-state index < -0.39 is 6.04 Å². The van der Waals surface area contributed by atoms with Gasteiger partial charge in [-0.25, -0.2) is 0 Å². The molecule has 7 heteroatoms. The molecule has 2 aromatic carbocycles. The Hall–Kier alpha value is -2.73. The van der Waals surface area contributed by atoms with Gasteiger partial charge >= 0.3 is 0 Å². The zero-order valence-corrected chi connectivity index (χ0v) is 19.4. The maximum Gasteiger partial charge on any atom is 0.261 e. The van der Waals surface area contributed by atoms with E-state index in [0.29, 0.717) is 23.1 Å². The normalized spacial score (nSPS) is 15.0. The van der Waals surface area contributed by atoms with Gasteiger partial charge in [-0.15, -0.1) is 0 Å². The number of amides is 2. The van der Waals surface area contributed by atoms with Crippen molar-refractivity contribution in [3.8, 4) is 11.5 Å². The third-order valence-corrected chi connectivity index (χ3v) is 6.06.